The molecular formula is C22H29N3O3. The summed E-state index contributed by atoms with van der Waals surface area (Å²) >= 11 is 0. The van der Waals surface area contributed by atoms with Gasteiger partial charge in [0.25, 0.3) is 5.91 Å². The fraction of sp³-hybridized carbons (Fsp3) is 0.545. The molecule has 1 aromatic rings. The van der Waals surface area contributed by atoms with Crippen molar-refractivity contribution in [1.29, 1.82) is 0 Å². The zero-order valence-electron chi connectivity index (χ0n) is 16.3. The number of allylic oxidation sites excluding steroid dienone is 1. The van der Waals surface area contributed by atoms with Crippen molar-refractivity contribution in [3.8, 4) is 5.75 Å². The minimum absolute atomic E-state index is 0.0522. The van der Waals surface area contributed by atoms with Crippen LogP contribution in [-0.4, -0.2) is 55.5 Å². The summed E-state index contributed by atoms with van der Waals surface area (Å²) in [5.74, 6) is 0.680. The second-order valence-electron chi connectivity index (χ2n) is 8.08. The van der Waals surface area contributed by atoms with Gasteiger partial charge in [0.15, 0.2) is 0 Å². The van der Waals surface area contributed by atoms with Crippen LogP contribution in [0.3, 0.4) is 0 Å². The molecule has 6 heteroatoms. The van der Waals surface area contributed by atoms with Crippen LogP contribution in [0.15, 0.2) is 36.4 Å². The average molecular weight is 383 g/mol. The van der Waals surface area contributed by atoms with Crippen LogP contribution >= 0.6 is 0 Å². The molecule has 0 aliphatic carbocycles. The summed E-state index contributed by atoms with van der Waals surface area (Å²) in [6, 6.07) is 7.38. The SMILES string of the molecule is O=C1NCC2CCCCCN2C(=O)C2(C/C=C/COc3ccccc31)CNC2. The second-order valence-corrected chi connectivity index (χ2v) is 8.08. The summed E-state index contributed by atoms with van der Waals surface area (Å²) < 4.78 is 5.82. The van der Waals surface area contributed by atoms with E-state index in [0.29, 0.717) is 24.5 Å². The molecule has 1 unspecified atom stereocenters. The van der Waals surface area contributed by atoms with Crippen LogP contribution in [0.1, 0.15) is 42.5 Å². The van der Waals surface area contributed by atoms with E-state index in [1.54, 1.807) is 6.07 Å². The molecule has 0 bridgehead atoms. The molecule has 1 atom stereocenters. The van der Waals surface area contributed by atoms with Crippen LogP contribution in [0.4, 0.5) is 0 Å². The Morgan fingerprint density at radius 2 is 1.93 bits per heavy atom. The molecule has 28 heavy (non-hydrogen) atoms. The van der Waals surface area contributed by atoms with Gasteiger partial charge in [-0.1, -0.05) is 37.1 Å². The third-order valence-corrected chi connectivity index (χ3v) is 6.16. The summed E-state index contributed by atoms with van der Waals surface area (Å²) in [5.41, 5.74) is 0.185. The molecular weight excluding hydrogens is 354 g/mol. The highest BCUT2D eigenvalue weighted by molar-refractivity contribution is 5.97. The molecule has 2 saturated heterocycles. The standard InChI is InChI=1S/C22H29N3O3/c26-20-18-9-3-4-10-19(18)28-13-7-5-11-22(15-23-16-22)21(27)25-12-6-1-2-8-17(25)14-24-20/h3-5,7,9-10,17,23H,1-2,6,8,11-16H2,(H,24,26)/b7-5+. The number of nitrogens with zero attached hydrogens (tertiary/aromatic N) is 1. The summed E-state index contributed by atoms with van der Waals surface area (Å²) in [4.78, 5) is 28.3. The Morgan fingerprint density at radius 1 is 1.07 bits per heavy atom. The molecule has 3 heterocycles. The molecule has 6 nitrogen and oxygen atoms in total. The van der Waals surface area contributed by atoms with Crippen molar-refractivity contribution < 1.29 is 14.3 Å². The quantitative estimate of drug-likeness (QED) is 0.674. The van der Waals surface area contributed by atoms with E-state index >= 15 is 0 Å². The van der Waals surface area contributed by atoms with Crippen LogP contribution in [0.2, 0.25) is 0 Å². The van der Waals surface area contributed by atoms with Gasteiger partial charge in [0.05, 0.1) is 11.0 Å². The molecule has 4 rings (SSSR count). The van der Waals surface area contributed by atoms with Gasteiger partial charge in [0.2, 0.25) is 5.91 Å². The Morgan fingerprint density at radius 3 is 2.75 bits per heavy atom. The molecule has 1 aromatic carbocycles. The maximum Gasteiger partial charge on any atom is 0.255 e. The van der Waals surface area contributed by atoms with Crippen molar-refractivity contribution in [2.75, 3.05) is 32.8 Å². The molecule has 0 saturated carbocycles. The third kappa shape index (κ3) is 3.78. The average Bonchev–Trinajstić information content (AvgIpc) is 2.92. The highest BCUT2D eigenvalue weighted by Gasteiger charge is 2.46. The number of rotatable bonds is 0. The largest absolute Gasteiger partial charge is 0.489 e. The monoisotopic (exact) mass is 383 g/mol. The molecule has 0 aromatic heterocycles. The van der Waals surface area contributed by atoms with Gasteiger partial charge in [-0.15, -0.1) is 0 Å². The fourth-order valence-corrected chi connectivity index (χ4v) is 4.37. The van der Waals surface area contributed by atoms with Crippen molar-refractivity contribution >= 4 is 11.8 Å². The number of nitrogens with one attached hydrogen (secondary N) is 2. The van der Waals surface area contributed by atoms with Crippen LogP contribution in [0, 0.1) is 5.41 Å². The summed E-state index contributed by atoms with van der Waals surface area (Å²) in [5, 5.41) is 6.34. The molecule has 0 radical (unpaired) electrons. The summed E-state index contributed by atoms with van der Waals surface area (Å²) in [7, 11) is 0. The smallest absolute Gasteiger partial charge is 0.255 e. The number of benzene rings is 1. The van der Waals surface area contributed by atoms with Gasteiger partial charge in [-0.25, -0.2) is 0 Å². The maximum absolute atomic E-state index is 13.5. The third-order valence-electron chi connectivity index (χ3n) is 6.16. The van der Waals surface area contributed by atoms with E-state index in [4.69, 9.17) is 4.74 Å². The first-order chi connectivity index (χ1) is 13.7. The maximum atomic E-state index is 13.5. The molecule has 1 spiro atoms. The number of carbonyl (C=O) groups is 2. The summed E-state index contributed by atoms with van der Waals surface area (Å²) in [6.07, 6.45) is 8.92. The zero-order chi connectivity index (χ0) is 19.4. The topological polar surface area (TPSA) is 70.7 Å². The van der Waals surface area contributed by atoms with Crippen molar-refractivity contribution in [2.24, 2.45) is 5.41 Å². The normalized spacial score (nSPS) is 26.6. The lowest BCUT2D eigenvalue weighted by Gasteiger charge is -2.45. The molecule has 2 amide bonds. The Kier molecular flexibility index (Phi) is 5.67. The van der Waals surface area contributed by atoms with E-state index in [0.717, 1.165) is 51.7 Å². The van der Waals surface area contributed by atoms with Crippen molar-refractivity contribution in [3.05, 3.63) is 42.0 Å². The molecule has 3 aliphatic heterocycles. The Labute approximate surface area is 166 Å². The number of amides is 2. The Hall–Kier alpha value is -2.34. The lowest BCUT2D eigenvalue weighted by Crippen LogP contribution is -2.64. The van der Waals surface area contributed by atoms with E-state index in [1.807, 2.05) is 24.3 Å². The van der Waals surface area contributed by atoms with Crippen molar-refractivity contribution in [3.63, 3.8) is 0 Å². The molecule has 2 N–H and O–H groups in total. The lowest BCUT2D eigenvalue weighted by atomic mass is 9.76. The van der Waals surface area contributed by atoms with Crippen LogP contribution in [0.25, 0.3) is 0 Å². The van der Waals surface area contributed by atoms with Crippen LogP contribution in [-0.2, 0) is 4.79 Å². The number of carbonyl (C=O) groups excluding carboxylic acids is 2. The number of para-hydroxylation sites is 1. The van der Waals surface area contributed by atoms with Gasteiger partial charge in [-0.2, -0.15) is 0 Å². The Balaban J connectivity index is 1.63. The molecule has 3 aliphatic rings. The van der Waals surface area contributed by atoms with Gasteiger partial charge < -0.3 is 20.3 Å². The molecule has 150 valence electrons. The zero-order valence-corrected chi connectivity index (χ0v) is 16.3. The first-order valence-electron chi connectivity index (χ1n) is 10.4. The predicted octanol–water partition coefficient (Wildman–Crippen LogP) is 2.12. The van der Waals surface area contributed by atoms with Crippen molar-refractivity contribution in [2.45, 2.75) is 38.1 Å². The fourth-order valence-electron chi connectivity index (χ4n) is 4.37. The van der Waals surface area contributed by atoms with E-state index < -0.39 is 0 Å². The lowest BCUT2D eigenvalue weighted by molar-refractivity contribution is -0.147. The van der Waals surface area contributed by atoms with E-state index in [2.05, 4.69) is 21.6 Å². The first kappa shape index (κ1) is 19.0. The highest BCUT2D eigenvalue weighted by Crippen LogP contribution is 2.33. The molecule has 2 fully saturated rings. The van der Waals surface area contributed by atoms with E-state index in [-0.39, 0.29) is 23.3 Å². The number of hydrogen-bond donors (Lipinski definition) is 2. The van der Waals surface area contributed by atoms with Gasteiger partial charge >= 0.3 is 0 Å². The number of hydrogen-bond acceptors (Lipinski definition) is 4. The van der Waals surface area contributed by atoms with Gasteiger partial charge in [-0.05, 0) is 31.4 Å². The Bertz CT molecular complexity index is 757. The number of ether oxygens (including phenoxy) is 1. The van der Waals surface area contributed by atoms with Crippen molar-refractivity contribution in [1.82, 2.24) is 15.5 Å². The van der Waals surface area contributed by atoms with Gasteiger partial charge in [0.1, 0.15) is 12.4 Å². The predicted molar refractivity (Wildman–Crippen MR) is 107 cm³/mol. The summed E-state index contributed by atoms with van der Waals surface area (Å²) in [6.45, 7) is 3.09. The minimum Gasteiger partial charge on any atom is -0.489 e. The van der Waals surface area contributed by atoms with Crippen LogP contribution < -0.4 is 15.4 Å². The van der Waals surface area contributed by atoms with Crippen LogP contribution in [0.5, 0.6) is 5.75 Å². The minimum atomic E-state index is -0.356. The van der Waals surface area contributed by atoms with E-state index in [1.165, 1.54) is 0 Å². The second kappa shape index (κ2) is 8.35. The first-order valence-corrected chi connectivity index (χ1v) is 10.4. The number of fused-ring (bicyclic) bond motifs is 2. The van der Waals surface area contributed by atoms with Gasteiger partial charge in [0, 0.05) is 32.2 Å². The van der Waals surface area contributed by atoms with E-state index in [9.17, 15) is 9.59 Å². The highest BCUT2D eigenvalue weighted by atomic mass is 16.5. The van der Waals surface area contributed by atoms with Gasteiger partial charge in [-0.3, -0.25) is 9.59 Å².